The van der Waals surface area contributed by atoms with Crippen LogP contribution in [0.3, 0.4) is 0 Å². The second-order valence-corrected chi connectivity index (χ2v) is 5.88. The fraction of sp³-hybridized carbons (Fsp3) is 0.571. The Balaban J connectivity index is 2.20. The molecule has 0 amide bonds. The van der Waals surface area contributed by atoms with Crippen molar-refractivity contribution in [3.05, 3.63) is 34.1 Å². The molecule has 0 aromatic heterocycles. The maximum Gasteiger partial charge on any atom is 0.137 e. The standard InChI is InChI=1S/C14H20BrFN2O/c1-9-13(5-6-19-9)18(2)14(8-17)10-3-4-12(16)11(15)7-10/h3-4,7,9,13-14H,5-6,8,17H2,1-2H3. The highest BCUT2D eigenvalue weighted by Gasteiger charge is 2.32. The molecule has 3 nitrogen and oxygen atoms in total. The number of rotatable bonds is 4. The predicted octanol–water partition coefficient (Wildman–Crippen LogP) is 2.70. The van der Waals surface area contributed by atoms with Gasteiger partial charge >= 0.3 is 0 Å². The van der Waals surface area contributed by atoms with Crippen molar-refractivity contribution in [1.29, 1.82) is 0 Å². The fourth-order valence-corrected chi connectivity index (χ4v) is 3.14. The molecule has 2 rings (SSSR count). The molecule has 0 radical (unpaired) electrons. The fourth-order valence-electron chi connectivity index (χ4n) is 2.74. The van der Waals surface area contributed by atoms with E-state index in [-0.39, 0.29) is 18.0 Å². The lowest BCUT2D eigenvalue weighted by Crippen LogP contribution is -2.42. The summed E-state index contributed by atoms with van der Waals surface area (Å²) >= 11 is 3.23. The van der Waals surface area contributed by atoms with Gasteiger partial charge in [-0.05, 0) is 54.0 Å². The quantitative estimate of drug-likeness (QED) is 0.922. The highest BCUT2D eigenvalue weighted by molar-refractivity contribution is 9.10. The Morgan fingerprint density at radius 3 is 2.84 bits per heavy atom. The lowest BCUT2D eigenvalue weighted by Gasteiger charge is -2.34. The van der Waals surface area contributed by atoms with Crippen LogP contribution in [0.25, 0.3) is 0 Å². The monoisotopic (exact) mass is 330 g/mol. The third-order valence-corrected chi connectivity index (χ3v) is 4.51. The van der Waals surface area contributed by atoms with Gasteiger partial charge in [0.25, 0.3) is 0 Å². The lowest BCUT2D eigenvalue weighted by molar-refractivity contribution is 0.0686. The minimum atomic E-state index is -0.250. The van der Waals surface area contributed by atoms with Gasteiger partial charge in [0.05, 0.1) is 10.6 Å². The molecule has 1 aromatic rings. The number of hydrogen-bond acceptors (Lipinski definition) is 3. The van der Waals surface area contributed by atoms with E-state index in [0.717, 1.165) is 18.6 Å². The number of halogens is 2. The SMILES string of the molecule is CC1OCCC1N(C)C(CN)c1ccc(F)c(Br)c1. The molecule has 5 heteroatoms. The molecule has 1 aliphatic heterocycles. The summed E-state index contributed by atoms with van der Waals surface area (Å²) in [5.41, 5.74) is 6.94. The van der Waals surface area contributed by atoms with E-state index in [1.807, 2.05) is 6.07 Å². The molecule has 0 spiro atoms. The summed E-state index contributed by atoms with van der Waals surface area (Å²) < 4.78 is 19.4. The van der Waals surface area contributed by atoms with Gasteiger partial charge in [0.15, 0.2) is 0 Å². The minimum absolute atomic E-state index is 0.0750. The van der Waals surface area contributed by atoms with Gasteiger partial charge in [-0.25, -0.2) is 4.39 Å². The first-order valence-electron chi connectivity index (χ1n) is 6.53. The van der Waals surface area contributed by atoms with Gasteiger partial charge in [0, 0.05) is 25.2 Å². The van der Waals surface area contributed by atoms with Gasteiger partial charge in [-0.3, -0.25) is 4.90 Å². The maximum atomic E-state index is 13.3. The molecule has 1 saturated heterocycles. The van der Waals surface area contributed by atoms with Gasteiger partial charge in [-0.15, -0.1) is 0 Å². The first kappa shape index (κ1) is 14.9. The number of benzene rings is 1. The Hall–Kier alpha value is -0.490. The van der Waals surface area contributed by atoms with Crippen molar-refractivity contribution >= 4 is 15.9 Å². The van der Waals surface area contributed by atoms with Crippen molar-refractivity contribution in [3.8, 4) is 0 Å². The zero-order valence-electron chi connectivity index (χ0n) is 11.3. The average Bonchev–Trinajstić information content (AvgIpc) is 2.80. The highest BCUT2D eigenvalue weighted by atomic mass is 79.9. The number of hydrogen-bond donors (Lipinski definition) is 1. The van der Waals surface area contributed by atoms with Crippen LogP contribution < -0.4 is 5.73 Å². The van der Waals surface area contributed by atoms with E-state index in [4.69, 9.17) is 10.5 Å². The van der Waals surface area contributed by atoms with Crippen LogP contribution in [0, 0.1) is 5.82 Å². The molecular weight excluding hydrogens is 311 g/mol. The average molecular weight is 331 g/mol. The van der Waals surface area contributed by atoms with Crippen molar-refractivity contribution in [3.63, 3.8) is 0 Å². The van der Waals surface area contributed by atoms with E-state index in [0.29, 0.717) is 17.1 Å². The maximum absolute atomic E-state index is 13.3. The van der Waals surface area contributed by atoms with E-state index < -0.39 is 0 Å². The number of likely N-dealkylation sites (N-methyl/N-ethyl adjacent to an activating group) is 1. The second-order valence-electron chi connectivity index (χ2n) is 5.02. The van der Waals surface area contributed by atoms with Gasteiger partial charge in [0.2, 0.25) is 0 Å². The summed E-state index contributed by atoms with van der Waals surface area (Å²) in [4.78, 5) is 2.25. The third kappa shape index (κ3) is 3.16. The van der Waals surface area contributed by atoms with Gasteiger partial charge in [-0.1, -0.05) is 6.07 Å². The molecule has 1 heterocycles. The normalized spacial score (nSPS) is 24.9. The van der Waals surface area contributed by atoms with Crippen LogP contribution in [-0.4, -0.2) is 37.2 Å². The van der Waals surface area contributed by atoms with Crippen LogP contribution in [0.5, 0.6) is 0 Å². The molecule has 1 aromatic carbocycles. The summed E-state index contributed by atoms with van der Waals surface area (Å²) in [6, 6.07) is 5.52. The molecule has 1 fully saturated rings. The Bertz CT molecular complexity index is 443. The topological polar surface area (TPSA) is 38.5 Å². The molecule has 106 valence electrons. The largest absolute Gasteiger partial charge is 0.377 e. The molecule has 2 N–H and O–H groups in total. The van der Waals surface area contributed by atoms with Gasteiger partial charge in [0.1, 0.15) is 5.82 Å². The van der Waals surface area contributed by atoms with E-state index in [1.165, 1.54) is 6.07 Å². The molecular formula is C14H20BrFN2O. The third-order valence-electron chi connectivity index (χ3n) is 3.90. The first-order valence-corrected chi connectivity index (χ1v) is 7.32. The number of nitrogens with zero attached hydrogens (tertiary/aromatic N) is 1. The van der Waals surface area contributed by atoms with Gasteiger partial charge in [-0.2, -0.15) is 0 Å². The molecule has 3 unspecified atom stereocenters. The smallest absolute Gasteiger partial charge is 0.137 e. The van der Waals surface area contributed by atoms with Crippen LogP contribution in [0.2, 0.25) is 0 Å². The Labute approximate surface area is 122 Å². The summed E-state index contributed by atoms with van der Waals surface area (Å²) in [6.07, 6.45) is 1.22. The predicted molar refractivity (Wildman–Crippen MR) is 77.5 cm³/mol. The molecule has 3 atom stereocenters. The van der Waals surface area contributed by atoms with Crippen molar-refractivity contribution in [2.75, 3.05) is 20.2 Å². The zero-order valence-corrected chi connectivity index (χ0v) is 12.9. The Kier molecular flexibility index (Phi) is 4.95. The Morgan fingerprint density at radius 2 is 2.32 bits per heavy atom. The van der Waals surface area contributed by atoms with Crippen molar-refractivity contribution in [2.24, 2.45) is 5.73 Å². The number of ether oxygens (including phenoxy) is 1. The van der Waals surface area contributed by atoms with Gasteiger partial charge < -0.3 is 10.5 Å². The van der Waals surface area contributed by atoms with E-state index in [1.54, 1.807) is 6.07 Å². The summed E-state index contributed by atoms with van der Waals surface area (Å²) in [5.74, 6) is -0.250. The van der Waals surface area contributed by atoms with Crippen LogP contribution in [0.15, 0.2) is 22.7 Å². The second kappa shape index (κ2) is 6.31. The van der Waals surface area contributed by atoms with Crippen molar-refractivity contribution < 1.29 is 9.13 Å². The zero-order chi connectivity index (χ0) is 14.0. The highest BCUT2D eigenvalue weighted by Crippen LogP contribution is 2.29. The van der Waals surface area contributed by atoms with Crippen molar-refractivity contribution in [1.82, 2.24) is 4.90 Å². The lowest BCUT2D eigenvalue weighted by atomic mass is 10.0. The summed E-state index contributed by atoms with van der Waals surface area (Å²) in [5, 5.41) is 0. The molecule has 0 saturated carbocycles. The molecule has 1 aliphatic rings. The van der Waals surface area contributed by atoms with E-state index in [9.17, 15) is 4.39 Å². The first-order chi connectivity index (χ1) is 9.04. The van der Waals surface area contributed by atoms with Crippen LogP contribution in [-0.2, 0) is 4.74 Å². The molecule has 0 aliphatic carbocycles. The van der Waals surface area contributed by atoms with E-state index >= 15 is 0 Å². The van der Waals surface area contributed by atoms with E-state index in [2.05, 4.69) is 34.8 Å². The molecule has 0 bridgehead atoms. The van der Waals surface area contributed by atoms with Crippen LogP contribution >= 0.6 is 15.9 Å². The van der Waals surface area contributed by atoms with Crippen LogP contribution in [0.1, 0.15) is 24.9 Å². The Morgan fingerprint density at radius 1 is 1.58 bits per heavy atom. The molecule has 19 heavy (non-hydrogen) atoms. The summed E-state index contributed by atoms with van der Waals surface area (Å²) in [6.45, 7) is 3.38. The minimum Gasteiger partial charge on any atom is -0.377 e. The van der Waals surface area contributed by atoms with Crippen LogP contribution in [0.4, 0.5) is 4.39 Å². The summed E-state index contributed by atoms with van der Waals surface area (Å²) in [7, 11) is 2.06. The number of nitrogens with two attached hydrogens (primary N) is 1. The van der Waals surface area contributed by atoms with Crippen molar-refractivity contribution in [2.45, 2.75) is 31.5 Å².